The number of benzene rings is 2. The van der Waals surface area contributed by atoms with Gasteiger partial charge in [-0.1, -0.05) is 30.7 Å². The molecule has 3 rings (SSSR count). The summed E-state index contributed by atoms with van der Waals surface area (Å²) in [5, 5.41) is 11.5. The first-order valence-corrected chi connectivity index (χ1v) is 10.4. The van der Waals surface area contributed by atoms with Gasteiger partial charge >= 0.3 is 0 Å². The zero-order valence-electron chi connectivity index (χ0n) is 14.3. The Morgan fingerprint density at radius 1 is 1.12 bits per heavy atom. The van der Waals surface area contributed by atoms with Crippen molar-refractivity contribution in [2.45, 2.75) is 31.6 Å². The molecular weight excluding hydrogens is 338 g/mol. The van der Waals surface area contributed by atoms with Crippen LogP contribution in [0.2, 0.25) is 0 Å². The molecule has 0 spiro atoms. The Bertz CT molecular complexity index is 892. The maximum Gasteiger partial charge on any atom is 0.211 e. The molecule has 1 aliphatic heterocycles. The number of hydrogen-bond acceptors (Lipinski definition) is 4. The highest BCUT2D eigenvalue weighted by atomic mass is 32.2. The molecule has 1 aliphatic rings. The van der Waals surface area contributed by atoms with Gasteiger partial charge in [-0.15, -0.1) is 0 Å². The molecule has 0 aliphatic carbocycles. The number of phenols is 1. The summed E-state index contributed by atoms with van der Waals surface area (Å²) in [5.74, 6) is 0.285. The maximum absolute atomic E-state index is 11.8. The summed E-state index contributed by atoms with van der Waals surface area (Å²) >= 11 is 0. The van der Waals surface area contributed by atoms with Gasteiger partial charge in [0.1, 0.15) is 5.75 Å². The number of sulfonamides is 1. The average Bonchev–Trinajstić information content (AvgIpc) is 2.53. The summed E-state index contributed by atoms with van der Waals surface area (Å²) in [7, 11) is -3.15. The third-order valence-electron chi connectivity index (χ3n) is 5.06. The van der Waals surface area contributed by atoms with Crippen LogP contribution >= 0.6 is 0 Å². The Morgan fingerprint density at radius 3 is 2.64 bits per heavy atom. The predicted molar refractivity (Wildman–Crippen MR) is 98.6 cm³/mol. The second kappa shape index (κ2) is 7.14. The van der Waals surface area contributed by atoms with Gasteiger partial charge in [0.05, 0.1) is 11.8 Å². The van der Waals surface area contributed by atoms with Crippen LogP contribution in [0.3, 0.4) is 0 Å². The predicted octanol–water partition coefficient (Wildman–Crippen LogP) is 3.28. The van der Waals surface area contributed by atoms with Crippen molar-refractivity contribution in [3.05, 3.63) is 41.5 Å². The molecule has 1 fully saturated rings. The summed E-state index contributed by atoms with van der Waals surface area (Å²) < 4.78 is 25.3. The molecule has 1 atom stereocenters. The molecule has 2 aromatic rings. The van der Waals surface area contributed by atoms with Crippen LogP contribution in [0.1, 0.15) is 47.5 Å². The van der Waals surface area contributed by atoms with E-state index in [9.17, 15) is 18.3 Å². The number of fused-ring (bicyclic) bond motifs is 1. The molecule has 2 aromatic carbocycles. The monoisotopic (exact) mass is 361 g/mol. The third kappa shape index (κ3) is 3.85. The molecule has 25 heavy (non-hydrogen) atoms. The van der Waals surface area contributed by atoms with Crippen LogP contribution in [0, 0.1) is 0 Å². The van der Waals surface area contributed by atoms with E-state index in [1.807, 2.05) is 18.2 Å². The van der Waals surface area contributed by atoms with Gasteiger partial charge in [-0.25, -0.2) is 12.7 Å². The molecule has 0 aromatic heterocycles. The zero-order valence-corrected chi connectivity index (χ0v) is 15.1. The van der Waals surface area contributed by atoms with Crippen LogP contribution in [-0.2, 0) is 10.0 Å². The van der Waals surface area contributed by atoms with E-state index < -0.39 is 10.0 Å². The minimum atomic E-state index is -3.15. The quantitative estimate of drug-likeness (QED) is 0.852. The van der Waals surface area contributed by atoms with E-state index in [1.54, 1.807) is 10.4 Å². The van der Waals surface area contributed by atoms with E-state index in [2.05, 4.69) is 6.07 Å². The number of hydrogen-bond donors (Lipinski definition) is 1. The highest BCUT2D eigenvalue weighted by Crippen LogP contribution is 2.33. The van der Waals surface area contributed by atoms with Crippen LogP contribution in [0.15, 0.2) is 30.3 Å². The second-order valence-corrected chi connectivity index (χ2v) is 8.72. The van der Waals surface area contributed by atoms with E-state index in [-0.39, 0.29) is 5.75 Å². The second-order valence-electron chi connectivity index (χ2n) is 6.74. The van der Waals surface area contributed by atoms with Crippen molar-refractivity contribution in [3.8, 4) is 5.75 Å². The fourth-order valence-electron chi connectivity index (χ4n) is 3.64. The summed E-state index contributed by atoms with van der Waals surface area (Å²) in [6.07, 6.45) is 5.63. The molecule has 5 nitrogen and oxygen atoms in total. The Hall–Kier alpha value is -1.92. The molecule has 1 saturated heterocycles. The van der Waals surface area contributed by atoms with Gasteiger partial charge in [0.15, 0.2) is 6.29 Å². The Labute approximate surface area is 148 Å². The molecule has 0 bridgehead atoms. The summed E-state index contributed by atoms with van der Waals surface area (Å²) in [4.78, 5) is 11.2. The lowest BCUT2D eigenvalue weighted by Crippen LogP contribution is -2.33. The Morgan fingerprint density at radius 2 is 1.92 bits per heavy atom. The van der Waals surface area contributed by atoms with E-state index in [0.29, 0.717) is 30.9 Å². The van der Waals surface area contributed by atoms with Gasteiger partial charge in [-0.05, 0) is 47.6 Å². The summed E-state index contributed by atoms with van der Waals surface area (Å²) in [6, 6.07) is 9.28. The number of carbonyl (C=O) groups is 1. The van der Waals surface area contributed by atoms with E-state index >= 15 is 0 Å². The summed E-state index contributed by atoms with van der Waals surface area (Å²) in [5.41, 5.74) is 1.47. The van der Waals surface area contributed by atoms with Crippen molar-refractivity contribution in [2.24, 2.45) is 0 Å². The number of aromatic hydroxyl groups is 1. The van der Waals surface area contributed by atoms with Crippen LogP contribution in [0.25, 0.3) is 10.8 Å². The maximum atomic E-state index is 11.8. The van der Waals surface area contributed by atoms with Crippen LogP contribution in [0.4, 0.5) is 0 Å². The first-order chi connectivity index (χ1) is 11.9. The largest absolute Gasteiger partial charge is 0.507 e. The van der Waals surface area contributed by atoms with Crippen LogP contribution in [0.5, 0.6) is 5.75 Å². The van der Waals surface area contributed by atoms with Gasteiger partial charge in [-0.3, -0.25) is 4.79 Å². The van der Waals surface area contributed by atoms with Crippen molar-refractivity contribution >= 4 is 27.1 Å². The van der Waals surface area contributed by atoms with Gasteiger partial charge in [0.25, 0.3) is 0 Å². The molecule has 6 heteroatoms. The number of phenolic OH excluding ortho intramolecular Hbond substituents is 1. The number of rotatable bonds is 3. The molecule has 1 heterocycles. The van der Waals surface area contributed by atoms with Gasteiger partial charge in [0, 0.05) is 13.1 Å². The van der Waals surface area contributed by atoms with E-state index in [0.717, 1.165) is 42.0 Å². The van der Waals surface area contributed by atoms with Crippen molar-refractivity contribution in [2.75, 3.05) is 19.3 Å². The average molecular weight is 361 g/mol. The first kappa shape index (κ1) is 17.9. The normalized spacial score (nSPS) is 20.1. The lowest BCUT2D eigenvalue weighted by molar-refractivity contribution is 0.112. The third-order valence-corrected chi connectivity index (χ3v) is 6.36. The molecule has 1 unspecified atom stereocenters. The Kier molecular flexibility index (Phi) is 5.11. The van der Waals surface area contributed by atoms with Crippen molar-refractivity contribution in [1.82, 2.24) is 4.31 Å². The van der Waals surface area contributed by atoms with Crippen molar-refractivity contribution in [3.63, 3.8) is 0 Å². The fraction of sp³-hybridized carbons (Fsp3) is 0.421. The molecule has 0 saturated carbocycles. The van der Waals surface area contributed by atoms with Crippen molar-refractivity contribution < 1.29 is 18.3 Å². The standard InChI is InChI=1S/C19H23NO4S/c1-25(23,24)20-10-3-2-4-14(9-11-20)15-5-7-17-16(12-15)6-8-19(22)18(17)13-21/h5-8,12-14,22H,2-4,9-11H2,1H3. The van der Waals surface area contributed by atoms with E-state index in [4.69, 9.17) is 0 Å². The Balaban J connectivity index is 1.90. The topological polar surface area (TPSA) is 74.7 Å². The lowest BCUT2D eigenvalue weighted by atomic mass is 9.88. The van der Waals surface area contributed by atoms with E-state index in [1.165, 1.54) is 6.26 Å². The summed E-state index contributed by atoms with van der Waals surface area (Å²) in [6.45, 7) is 1.14. The zero-order chi connectivity index (χ0) is 18.0. The highest BCUT2D eigenvalue weighted by Gasteiger charge is 2.22. The number of nitrogens with zero attached hydrogens (tertiary/aromatic N) is 1. The van der Waals surface area contributed by atoms with Gasteiger partial charge in [-0.2, -0.15) is 0 Å². The van der Waals surface area contributed by atoms with Gasteiger partial charge < -0.3 is 5.11 Å². The minimum Gasteiger partial charge on any atom is -0.507 e. The SMILES string of the molecule is CS(=O)(=O)N1CCCCC(c2ccc3c(C=O)c(O)ccc3c2)CC1. The van der Waals surface area contributed by atoms with Gasteiger partial charge in [0.2, 0.25) is 10.0 Å². The van der Waals surface area contributed by atoms with Crippen LogP contribution < -0.4 is 0 Å². The molecule has 1 N–H and O–H groups in total. The molecule has 134 valence electrons. The molecule has 0 radical (unpaired) electrons. The minimum absolute atomic E-state index is 0.00926. The highest BCUT2D eigenvalue weighted by molar-refractivity contribution is 7.88. The molecule has 0 amide bonds. The number of aldehydes is 1. The number of carbonyl (C=O) groups excluding carboxylic acids is 1. The smallest absolute Gasteiger partial charge is 0.211 e. The molecular formula is C19H23NO4S. The first-order valence-electron chi connectivity index (χ1n) is 8.56. The van der Waals surface area contributed by atoms with Crippen molar-refractivity contribution in [1.29, 1.82) is 0 Å². The van der Waals surface area contributed by atoms with Crippen LogP contribution in [-0.4, -0.2) is 43.5 Å². The fourth-order valence-corrected chi connectivity index (χ4v) is 4.54. The lowest BCUT2D eigenvalue weighted by Gasteiger charge is -2.27.